The van der Waals surface area contributed by atoms with E-state index in [1.54, 1.807) is 0 Å². The van der Waals surface area contributed by atoms with Crippen molar-refractivity contribution in [2.75, 3.05) is 0 Å². The molecule has 0 aliphatic heterocycles. The van der Waals surface area contributed by atoms with E-state index in [9.17, 15) is 9.00 Å². The van der Waals surface area contributed by atoms with Crippen molar-refractivity contribution in [1.29, 1.82) is 0 Å². The number of carbonyl (C=O) groups excluding carboxylic acids is 1. The Kier molecular flexibility index (Phi) is 4.37. The topological polar surface area (TPSA) is 128 Å². The van der Waals surface area contributed by atoms with Crippen molar-refractivity contribution in [1.82, 2.24) is 9.97 Å². The monoisotopic (exact) mass is 235 g/mol. The number of nitrogens with two attached hydrogens (primary N) is 1. The SMILES string of the molecule is NC(Cc1cnc[nH]1)C(=O)OOS(=O)O. The summed E-state index contributed by atoms with van der Waals surface area (Å²) in [5.74, 6) is -0.938. The molecule has 0 fully saturated rings. The predicted molar refractivity (Wildman–Crippen MR) is 48.2 cm³/mol. The molecule has 1 aromatic heterocycles. The lowest BCUT2D eigenvalue weighted by atomic mass is 10.2. The molecule has 0 saturated heterocycles. The molecule has 9 heteroatoms. The Morgan fingerprint density at radius 3 is 3.07 bits per heavy atom. The first kappa shape index (κ1) is 11.8. The van der Waals surface area contributed by atoms with Crippen LogP contribution >= 0.6 is 0 Å². The Morgan fingerprint density at radius 2 is 2.53 bits per heavy atom. The number of hydrogen-bond donors (Lipinski definition) is 3. The van der Waals surface area contributed by atoms with Gasteiger partial charge in [-0.1, -0.05) is 4.33 Å². The van der Waals surface area contributed by atoms with E-state index in [1.165, 1.54) is 12.5 Å². The maximum Gasteiger partial charge on any atom is 0.360 e. The van der Waals surface area contributed by atoms with Crippen molar-refractivity contribution in [3.05, 3.63) is 18.2 Å². The molecule has 0 aromatic carbocycles. The van der Waals surface area contributed by atoms with E-state index in [-0.39, 0.29) is 6.42 Å². The molecule has 15 heavy (non-hydrogen) atoms. The molecule has 0 amide bonds. The van der Waals surface area contributed by atoms with E-state index in [0.717, 1.165) is 0 Å². The number of carbonyl (C=O) groups is 1. The molecule has 0 aliphatic carbocycles. The molecule has 0 aliphatic rings. The molecule has 1 rings (SSSR count). The minimum atomic E-state index is -2.66. The fourth-order valence-electron chi connectivity index (χ4n) is 0.841. The molecule has 4 N–H and O–H groups in total. The van der Waals surface area contributed by atoms with Crippen LogP contribution < -0.4 is 5.73 Å². The summed E-state index contributed by atoms with van der Waals surface area (Å²) < 4.78 is 21.9. The molecular weight excluding hydrogens is 226 g/mol. The van der Waals surface area contributed by atoms with Gasteiger partial charge in [0.15, 0.2) is 0 Å². The number of H-pyrrole nitrogens is 1. The summed E-state index contributed by atoms with van der Waals surface area (Å²) in [4.78, 5) is 21.5. The number of nitrogens with zero attached hydrogens (tertiary/aromatic N) is 1. The van der Waals surface area contributed by atoms with E-state index in [0.29, 0.717) is 5.69 Å². The van der Waals surface area contributed by atoms with E-state index < -0.39 is 23.4 Å². The van der Waals surface area contributed by atoms with Gasteiger partial charge in [-0.3, -0.25) is 9.44 Å². The number of aromatic nitrogens is 2. The second kappa shape index (κ2) is 5.56. The van der Waals surface area contributed by atoms with Crippen molar-refractivity contribution < 1.29 is 22.8 Å². The maximum atomic E-state index is 11.0. The molecule has 0 spiro atoms. The summed E-state index contributed by atoms with van der Waals surface area (Å²) in [7, 11) is 0. The van der Waals surface area contributed by atoms with Gasteiger partial charge in [-0.25, -0.2) is 9.78 Å². The quantitative estimate of drug-likeness (QED) is 0.335. The average Bonchev–Trinajstić information content (AvgIpc) is 2.66. The minimum Gasteiger partial charge on any atom is -0.348 e. The molecule has 0 bridgehead atoms. The summed E-state index contributed by atoms with van der Waals surface area (Å²) in [6.07, 6.45) is 3.10. The zero-order valence-electron chi connectivity index (χ0n) is 7.45. The minimum absolute atomic E-state index is 0.167. The highest BCUT2D eigenvalue weighted by atomic mass is 32.2. The highest BCUT2D eigenvalue weighted by Crippen LogP contribution is 1.98. The van der Waals surface area contributed by atoms with Gasteiger partial charge in [0, 0.05) is 18.3 Å². The third-order valence-electron chi connectivity index (χ3n) is 1.47. The Balaban J connectivity index is 2.36. The number of nitrogens with one attached hydrogen (secondary N) is 1. The summed E-state index contributed by atoms with van der Waals surface area (Å²) in [5.41, 5.74) is 6.05. The van der Waals surface area contributed by atoms with Crippen molar-refractivity contribution in [3.8, 4) is 0 Å². The molecule has 84 valence electrons. The fourth-order valence-corrected chi connectivity index (χ4v) is 0.966. The van der Waals surface area contributed by atoms with E-state index in [2.05, 4.69) is 19.2 Å². The smallest absolute Gasteiger partial charge is 0.348 e. The average molecular weight is 235 g/mol. The van der Waals surface area contributed by atoms with Crippen LogP contribution in [0.2, 0.25) is 0 Å². The first-order valence-corrected chi connectivity index (χ1v) is 4.85. The van der Waals surface area contributed by atoms with E-state index in [1.807, 2.05) is 0 Å². The molecule has 1 heterocycles. The van der Waals surface area contributed by atoms with Crippen molar-refractivity contribution in [2.45, 2.75) is 12.5 Å². The molecule has 1 aromatic rings. The zero-order valence-corrected chi connectivity index (χ0v) is 8.27. The number of imidazole rings is 1. The molecule has 8 nitrogen and oxygen atoms in total. The summed E-state index contributed by atoms with van der Waals surface area (Å²) in [6.45, 7) is 0. The predicted octanol–water partition coefficient (Wildman–Crippen LogP) is -1.11. The van der Waals surface area contributed by atoms with Gasteiger partial charge in [-0.2, -0.15) is 4.21 Å². The normalized spacial score (nSPS) is 14.5. The van der Waals surface area contributed by atoms with Crippen LogP contribution in [0.15, 0.2) is 12.5 Å². The van der Waals surface area contributed by atoms with Crippen molar-refractivity contribution in [3.63, 3.8) is 0 Å². The lowest BCUT2D eigenvalue weighted by Gasteiger charge is -2.06. The van der Waals surface area contributed by atoms with Crippen LogP contribution in [-0.2, 0) is 31.8 Å². The molecule has 0 saturated carbocycles. The zero-order chi connectivity index (χ0) is 11.3. The molecule has 2 atom stereocenters. The Labute approximate surface area is 87.2 Å². The lowest BCUT2D eigenvalue weighted by Crippen LogP contribution is -2.34. The summed E-state index contributed by atoms with van der Waals surface area (Å²) in [5, 5.41) is 0. The number of rotatable bonds is 5. The van der Waals surface area contributed by atoms with Crippen LogP contribution in [-0.4, -0.2) is 30.7 Å². The summed E-state index contributed by atoms with van der Waals surface area (Å²) >= 11 is -2.66. The Morgan fingerprint density at radius 1 is 1.80 bits per heavy atom. The van der Waals surface area contributed by atoms with Gasteiger partial charge in [0.1, 0.15) is 6.04 Å². The lowest BCUT2D eigenvalue weighted by molar-refractivity contribution is -0.213. The first-order chi connectivity index (χ1) is 7.09. The van der Waals surface area contributed by atoms with Crippen LogP contribution in [0.1, 0.15) is 5.69 Å². The van der Waals surface area contributed by atoms with E-state index >= 15 is 0 Å². The van der Waals surface area contributed by atoms with Crippen LogP contribution in [0.3, 0.4) is 0 Å². The highest BCUT2D eigenvalue weighted by Gasteiger charge is 2.18. The number of hydrogen-bond acceptors (Lipinski definition) is 6. The van der Waals surface area contributed by atoms with Gasteiger partial charge >= 0.3 is 17.3 Å². The van der Waals surface area contributed by atoms with Crippen LogP contribution in [0.25, 0.3) is 0 Å². The second-order valence-corrected chi connectivity index (χ2v) is 3.15. The molecule has 0 radical (unpaired) electrons. The molecule has 2 unspecified atom stereocenters. The molecular formula is C6H9N3O5S. The van der Waals surface area contributed by atoms with Crippen LogP contribution in [0, 0.1) is 0 Å². The van der Waals surface area contributed by atoms with Crippen molar-refractivity contribution in [2.24, 2.45) is 5.73 Å². The Bertz CT molecular complexity index is 341. The standard InChI is InChI=1S/C6H9N3O5S/c7-5(1-4-2-8-3-9-4)6(10)13-14-15(11)12/h2-3,5H,1,7H2,(H,8,9)(H,11,12). The fraction of sp³-hybridized carbons (Fsp3) is 0.333. The van der Waals surface area contributed by atoms with Gasteiger partial charge in [-0.15, -0.1) is 0 Å². The van der Waals surface area contributed by atoms with Crippen molar-refractivity contribution >= 4 is 17.3 Å². The van der Waals surface area contributed by atoms with Gasteiger partial charge in [-0.05, 0) is 0 Å². The largest absolute Gasteiger partial charge is 0.360 e. The first-order valence-electron chi connectivity index (χ1n) is 3.82. The summed E-state index contributed by atoms with van der Waals surface area (Å²) in [6, 6.07) is -0.992. The van der Waals surface area contributed by atoms with Crippen LogP contribution in [0.4, 0.5) is 0 Å². The number of aromatic amines is 1. The van der Waals surface area contributed by atoms with Gasteiger partial charge in [0.25, 0.3) is 0 Å². The van der Waals surface area contributed by atoms with E-state index in [4.69, 9.17) is 10.3 Å². The highest BCUT2D eigenvalue weighted by molar-refractivity contribution is 7.74. The van der Waals surface area contributed by atoms with Gasteiger partial charge in [0.2, 0.25) is 0 Å². The third kappa shape index (κ3) is 4.16. The van der Waals surface area contributed by atoms with Crippen LogP contribution in [0.5, 0.6) is 0 Å². The second-order valence-electron chi connectivity index (χ2n) is 2.57. The Hall–Kier alpha value is -1.29. The van der Waals surface area contributed by atoms with Gasteiger partial charge < -0.3 is 10.7 Å². The van der Waals surface area contributed by atoms with Gasteiger partial charge in [0.05, 0.1) is 6.33 Å². The maximum absolute atomic E-state index is 11.0. The third-order valence-corrected chi connectivity index (χ3v) is 1.66.